The fourth-order valence-corrected chi connectivity index (χ4v) is 5.79. The Kier molecular flexibility index (Phi) is 2.11. The van der Waals surface area contributed by atoms with Crippen molar-refractivity contribution in [2.75, 3.05) is 5.33 Å². The Morgan fingerprint density at radius 3 is 2.23 bits per heavy atom. The van der Waals surface area contributed by atoms with E-state index in [1.165, 1.54) is 37.4 Å². The normalized spacial score (nSPS) is 58.6. The molecule has 4 fully saturated rings. The first-order chi connectivity index (χ1) is 6.22. The summed E-state index contributed by atoms with van der Waals surface area (Å²) in [4.78, 5) is 0.858. The van der Waals surface area contributed by atoms with E-state index in [2.05, 4.69) is 31.9 Å². The molecule has 0 heterocycles. The maximum absolute atomic E-state index is 3.92. The molecule has 0 aromatic heterocycles. The molecule has 0 nitrogen and oxygen atoms in total. The lowest BCUT2D eigenvalue weighted by atomic mass is 9.50. The lowest BCUT2D eigenvalue weighted by Crippen LogP contribution is -2.52. The minimum Gasteiger partial charge on any atom is -0.0922 e. The van der Waals surface area contributed by atoms with E-state index in [0.717, 1.165) is 22.6 Å². The molecule has 4 bridgehead atoms. The molecule has 0 N–H and O–H groups in total. The summed E-state index contributed by atoms with van der Waals surface area (Å²) in [5.74, 6) is 3.08. The van der Waals surface area contributed by atoms with Crippen molar-refractivity contribution in [3.05, 3.63) is 0 Å². The minimum atomic E-state index is 0.709. The molecule has 13 heavy (non-hydrogen) atoms. The highest BCUT2D eigenvalue weighted by molar-refractivity contribution is 9.09. The van der Waals surface area contributed by atoms with Gasteiger partial charge in [0, 0.05) is 10.2 Å². The molecule has 0 aliphatic heterocycles. The van der Waals surface area contributed by atoms with Gasteiger partial charge in [0.05, 0.1) is 0 Å². The fourth-order valence-electron chi connectivity index (χ4n) is 4.29. The lowest BCUT2D eigenvalue weighted by Gasteiger charge is -2.58. The van der Waals surface area contributed by atoms with Crippen LogP contribution < -0.4 is 0 Å². The quantitative estimate of drug-likeness (QED) is 0.643. The van der Waals surface area contributed by atoms with Crippen molar-refractivity contribution in [2.45, 2.75) is 36.9 Å². The van der Waals surface area contributed by atoms with Crippen LogP contribution in [0.1, 0.15) is 32.1 Å². The van der Waals surface area contributed by atoms with Crippen LogP contribution in [0.4, 0.5) is 0 Å². The summed E-state index contributed by atoms with van der Waals surface area (Å²) >= 11 is 7.66. The maximum atomic E-state index is 3.92. The molecule has 74 valence electrons. The molecule has 2 atom stereocenters. The van der Waals surface area contributed by atoms with Gasteiger partial charge >= 0.3 is 0 Å². The van der Waals surface area contributed by atoms with Gasteiger partial charge in [-0.25, -0.2) is 0 Å². The SMILES string of the molecule is BrCC12CC3CC(C1)C(Br)C(C3)C2. The predicted molar refractivity (Wildman–Crippen MR) is 62.5 cm³/mol. The molecule has 4 aliphatic rings. The molecule has 0 spiro atoms. The second kappa shape index (κ2) is 2.98. The van der Waals surface area contributed by atoms with Crippen LogP contribution in [0.25, 0.3) is 0 Å². The molecule has 2 heteroatoms. The smallest absolute Gasteiger partial charge is 0.0202 e. The van der Waals surface area contributed by atoms with Gasteiger partial charge in [-0.05, 0) is 55.3 Å². The second-order valence-corrected chi connectivity index (χ2v) is 7.17. The van der Waals surface area contributed by atoms with Crippen molar-refractivity contribution in [2.24, 2.45) is 23.2 Å². The van der Waals surface area contributed by atoms with Crippen molar-refractivity contribution in [3.63, 3.8) is 0 Å². The van der Waals surface area contributed by atoms with Gasteiger partial charge in [-0.2, -0.15) is 0 Å². The average Bonchev–Trinajstić information content (AvgIpc) is 2.13. The van der Waals surface area contributed by atoms with Crippen LogP contribution >= 0.6 is 31.9 Å². The summed E-state index contributed by atoms with van der Waals surface area (Å²) in [5, 5.41) is 1.25. The zero-order valence-electron chi connectivity index (χ0n) is 7.81. The van der Waals surface area contributed by atoms with Crippen molar-refractivity contribution in [3.8, 4) is 0 Å². The predicted octanol–water partition coefficient (Wildman–Crippen LogP) is 3.97. The second-order valence-electron chi connectivity index (χ2n) is 5.55. The molecule has 4 saturated carbocycles. The number of alkyl halides is 2. The number of hydrogen-bond donors (Lipinski definition) is 0. The first-order valence-corrected chi connectivity index (χ1v) is 7.46. The number of rotatable bonds is 1. The van der Waals surface area contributed by atoms with E-state index in [9.17, 15) is 0 Å². The van der Waals surface area contributed by atoms with E-state index in [1.54, 1.807) is 0 Å². The zero-order valence-corrected chi connectivity index (χ0v) is 11.0. The van der Waals surface area contributed by atoms with Crippen LogP contribution in [0.2, 0.25) is 0 Å². The maximum Gasteiger partial charge on any atom is 0.0202 e. The van der Waals surface area contributed by atoms with Crippen LogP contribution in [0.5, 0.6) is 0 Å². The van der Waals surface area contributed by atoms with Gasteiger partial charge < -0.3 is 0 Å². The van der Waals surface area contributed by atoms with E-state index in [4.69, 9.17) is 0 Å². The highest BCUT2D eigenvalue weighted by atomic mass is 79.9. The number of hydrogen-bond acceptors (Lipinski definition) is 0. The van der Waals surface area contributed by atoms with E-state index in [0.29, 0.717) is 5.41 Å². The van der Waals surface area contributed by atoms with Crippen LogP contribution in [0.15, 0.2) is 0 Å². The first kappa shape index (κ1) is 9.21. The third-order valence-corrected chi connectivity index (χ3v) is 7.25. The van der Waals surface area contributed by atoms with E-state index >= 15 is 0 Å². The Morgan fingerprint density at radius 1 is 1.08 bits per heavy atom. The Bertz CT molecular complexity index is 210. The molecule has 0 aromatic rings. The van der Waals surface area contributed by atoms with Gasteiger partial charge in [0.25, 0.3) is 0 Å². The largest absolute Gasteiger partial charge is 0.0922 e. The van der Waals surface area contributed by atoms with E-state index in [1.807, 2.05) is 0 Å². The van der Waals surface area contributed by atoms with Crippen molar-refractivity contribution >= 4 is 31.9 Å². The van der Waals surface area contributed by atoms with Crippen molar-refractivity contribution < 1.29 is 0 Å². The topological polar surface area (TPSA) is 0 Å². The first-order valence-electron chi connectivity index (χ1n) is 5.42. The Morgan fingerprint density at radius 2 is 1.69 bits per heavy atom. The van der Waals surface area contributed by atoms with Crippen LogP contribution in [-0.4, -0.2) is 10.2 Å². The van der Waals surface area contributed by atoms with Gasteiger partial charge in [-0.15, -0.1) is 0 Å². The summed E-state index contributed by atoms with van der Waals surface area (Å²) in [5.41, 5.74) is 0.709. The molecular weight excluding hydrogens is 292 g/mol. The third-order valence-electron chi connectivity index (χ3n) is 4.57. The highest BCUT2D eigenvalue weighted by Gasteiger charge is 2.53. The van der Waals surface area contributed by atoms with Crippen LogP contribution in [0, 0.1) is 23.2 Å². The van der Waals surface area contributed by atoms with Crippen LogP contribution in [-0.2, 0) is 0 Å². The summed E-state index contributed by atoms with van der Waals surface area (Å²) in [6.45, 7) is 0. The standard InChI is InChI=1S/C11H16Br2/c12-6-11-3-7-1-8(4-11)10(13)9(2-7)5-11/h7-10H,1-6H2. The molecule has 4 aliphatic carbocycles. The molecule has 0 saturated heterocycles. The van der Waals surface area contributed by atoms with Crippen molar-refractivity contribution in [1.29, 1.82) is 0 Å². The molecule has 2 unspecified atom stereocenters. The molecule has 0 amide bonds. The van der Waals surface area contributed by atoms with Crippen molar-refractivity contribution in [1.82, 2.24) is 0 Å². The van der Waals surface area contributed by atoms with E-state index in [-0.39, 0.29) is 0 Å². The Balaban J connectivity index is 1.92. The average molecular weight is 308 g/mol. The van der Waals surface area contributed by atoms with Crippen LogP contribution in [0.3, 0.4) is 0 Å². The van der Waals surface area contributed by atoms with Gasteiger partial charge in [0.2, 0.25) is 0 Å². The monoisotopic (exact) mass is 306 g/mol. The Hall–Kier alpha value is 0.960. The molecular formula is C11H16Br2. The molecule has 4 rings (SSSR count). The molecule has 0 aromatic carbocycles. The summed E-state index contributed by atoms with van der Waals surface area (Å²) in [6, 6.07) is 0. The fraction of sp³-hybridized carbons (Fsp3) is 1.00. The highest BCUT2D eigenvalue weighted by Crippen LogP contribution is 2.62. The minimum absolute atomic E-state index is 0.709. The summed E-state index contributed by atoms with van der Waals surface area (Å²) in [7, 11) is 0. The Labute approximate surface area is 97.1 Å². The molecule has 0 radical (unpaired) electrons. The van der Waals surface area contributed by atoms with E-state index < -0.39 is 0 Å². The lowest BCUT2D eigenvalue weighted by molar-refractivity contribution is -0.0300. The van der Waals surface area contributed by atoms with Gasteiger partial charge in [-0.3, -0.25) is 0 Å². The van der Waals surface area contributed by atoms with Gasteiger partial charge in [0.15, 0.2) is 0 Å². The summed E-state index contributed by atoms with van der Waals surface area (Å²) in [6.07, 6.45) is 7.52. The zero-order chi connectivity index (χ0) is 9.05. The van der Waals surface area contributed by atoms with Gasteiger partial charge in [-0.1, -0.05) is 31.9 Å². The number of halogens is 2. The third kappa shape index (κ3) is 1.27. The van der Waals surface area contributed by atoms with Gasteiger partial charge in [0.1, 0.15) is 0 Å². The summed E-state index contributed by atoms with van der Waals surface area (Å²) < 4.78 is 0.